The number of methoxy groups -OCH3 is 1. The maximum absolute atomic E-state index is 5.11. The average Bonchev–Trinajstić information content (AvgIpc) is 2.78. The molecular formula is C14H21N3OS. The van der Waals surface area contributed by atoms with E-state index in [9.17, 15) is 0 Å². The number of fused-ring (bicyclic) bond motifs is 1. The number of nitrogens with zero attached hydrogens (tertiary/aromatic N) is 2. The number of imidazole rings is 1. The lowest BCUT2D eigenvalue weighted by atomic mass is 10.4. The second-order valence-corrected chi connectivity index (χ2v) is 5.39. The Morgan fingerprint density at radius 3 is 3.11 bits per heavy atom. The number of thioether (sulfide) groups is 1. The van der Waals surface area contributed by atoms with Crippen molar-refractivity contribution in [2.24, 2.45) is 0 Å². The van der Waals surface area contributed by atoms with Crippen molar-refractivity contribution in [3.8, 4) is 0 Å². The molecular weight excluding hydrogens is 258 g/mol. The van der Waals surface area contributed by atoms with Gasteiger partial charge in [0.1, 0.15) is 10.7 Å². The van der Waals surface area contributed by atoms with Gasteiger partial charge >= 0.3 is 0 Å². The van der Waals surface area contributed by atoms with Crippen molar-refractivity contribution in [3.05, 3.63) is 30.1 Å². The third-order valence-corrected chi connectivity index (χ3v) is 3.81. The molecule has 2 heterocycles. The van der Waals surface area contributed by atoms with Crippen molar-refractivity contribution in [2.45, 2.75) is 24.9 Å². The smallest absolute Gasteiger partial charge is 0.138 e. The predicted molar refractivity (Wildman–Crippen MR) is 79.8 cm³/mol. The number of hydrogen-bond acceptors (Lipinski definition) is 4. The number of ether oxygens (including phenoxy) is 1. The van der Waals surface area contributed by atoms with Gasteiger partial charge in [-0.25, -0.2) is 4.98 Å². The molecule has 2 rings (SSSR count). The molecule has 0 saturated carbocycles. The van der Waals surface area contributed by atoms with Crippen molar-refractivity contribution in [1.29, 1.82) is 0 Å². The van der Waals surface area contributed by atoms with E-state index in [-0.39, 0.29) is 0 Å². The van der Waals surface area contributed by atoms with Gasteiger partial charge < -0.3 is 14.5 Å². The van der Waals surface area contributed by atoms with Gasteiger partial charge in [-0.2, -0.15) is 0 Å². The minimum atomic E-state index is 0.750. The Kier molecular flexibility index (Phi) is 5.69. The van der Waals surface area contributed by atoms with Crippen LogP contribution in [0.25, 0.3) is 5.65 Å². The van der Waals surface area contributed by atoms with Crippen LogP contribution in [0.15, 0.2) is 29.4 Å². The Labute approximate surface area is 118 Å². The molecule has 0 saturated heterocycles. The highest BCUT2D eigenvalue weighted by atomic mass is 32.2. The summed E-state index contributed by atoms with van der Waals surface area (Å²) in [5, 5.41) is 4.56. The van der Waals surface area contributed by atoms with Crippen LogP contribution >= 0.6 is 11.8 Å². The quantitative estimate of drug-likeness (QED) is 0.595. The zero-order valence-electron chi connectivity index (χ0n) is 11.6. The van der Waals surface area contributed by atoms with E-state index >= 15 is 0 Å². The molecule has 104 valence electrons. The van der Waals surface area contributed by atoms with Gasteiger partial charge in [0.2, 0.25) is 0 Å². The molecule has 0 atom stereocenters. The van der Waals surface area contributed by atoms with E-state index in [1.54, 1.807) is 18.9 Å². The standard InChI is InChI=1S/C14H21N3OS/c1-3-7-15-11-12-14(19-10-9-18-2)16-13-6-4-5-8-17(12)13/h4-6,8,15H,3,7,9-11H2,1-2H3. The van der Waals surface area contributed by atoms with Gasteiger partial charge in [-0.3, -0.25) is 0 Å². The lowest BCUT2D eigenvalue weighted by Gasteiger charge is -2.06. The highest BCUT2D eigenvalue weighted by Gasteiger charge is 2.11. The second-order valence-electron chi connectivity index (χ2n) is 4.31. The fraction of sp³-hybridized carbons (Fsp3) is 0.500. The first-order valence-corrected chi connectivity index (χ1v) is 7.63. The number of rotatable bonds is 8. The predicted octanol–water partition coefficient (Wildman–Crippen LogP) is 2.57. The minimum Gasteiger partial charge on any atom is -0.384 e. The summed E-state index contributed by atoms with van der Waals surface area (Å²) in [5.41, 5.74) is 2.25. The van der Waals surface area contributed by atoms with Crippen LogP contribution in [0, 0.1) is 0 Å². The van der Waals surface area contributed by atoms with Crippen molar-refractivity contribution in [3.63, 3.8) is 0 Å². The molecule has 1 N–H and O–H groups in total. The van der Waals surface area contributed by atoms with Gasteiger partial charge in [0.15, 0.2) is 0 Å². The molecule has 4 nitrogen and oxygen atoms in total. The molecule has 0 amide bonds. The maximum Gasteiger partial charge on any atom is 0.138 e. The minimum absolute atomic E-state index is 0.750. The number of aromatic nitrogens is 2. The van der Waals surface area contributed by atoms with Gasteiger partial charge in [-0.05, 0) is 25.1 Å². The highest BCUT2D eigenvalue weighted by Crippen LogP contribution is 2.23. The third kappa shape index (κ3) is 3.72. The molecule has 0 fully saturated rings. The molecule has 0 aliphatic carbocycles. The SMILES string of the molecule is CCCNCc1c(SCCOC)nc2ccccn12. The zero-order chi connectivity index (χ0) is 13.5. The number of pyridine rings is 1. The average molecular weight is 279 g/mol. The summed E-state index contributed by atoms with van der Waals surface area (Å²) < 4.78 is 7.27. The van der Waals surface area contributed by atoms with Crippen molar-refractivity contribution in [2.75, 3.05) is 26.0 Å². The van der Waals surface area contributed by atoms with E-state index in [0.717, 1.165) is 42.5 Å². The summed E-state index contributed by atoms with van der Waals surface area (Å²) in [7, 11) is 1.73. The molecule has 5 heteroatoms. The van der Waals surface area contributed by atoms with E-state index in [2.05, 4.69) is 22.8 Å². The molecule has 0 unspecified atom stereocenters. The Morgan fingerprint density at radius 2 is 2.32 bits per heavy atom. The molecule has 19 heavy (non-hydrogen) atoms. The molecule has 0 bridgehead atoms. The van der Waals surface area contributed by atoms with Crippen molar-refractivity contribution in [1.82, 2.24) is 14.7 Å². The molecule has 0 spiro atoms. The van der Waals surface area contributed by atoms with Crippen LogP contribution in [0.5, 0.6) is 0 Å². The van der Waals surface area contributed by atoms with E-state index in [1.165, 1.54) is 5.69 Å². The monoisotopic (exact) mass is 279 g/mol. The first-order chi connectivity index (χ1) is 9.36. The summed E-state index contributed by atoms with van der Waals surface area (Å²) in [4.78, 5) is 4.69. The highest BCUT2D eigenvalue weighted by molar-refractivity contribution is 7.99. The molecule has 2 aromatic heterocycles. The summed E-state index contributed by atoms with van der Waals surface area (Å²) in [6, 6.07) is 6.11. The van der Waals surface area contributed by atoms with Crippen LogP contribution in [0.1, 0.15) is 19.0 Å². The van der Waals surface area contributed by atoms with Crippen LogP contribution in [0.4, 0.5) is 0 Å². The molecule has 0 aliphatic heterocycles. The van der Waals surface area contributed by atoms with Gasteiger partial charge in [0, 0.05) is 25.6 Å². The van der Waals surface area contributed by atoms with Gasteiger partial charge in [0.05, 0.1) is 12.3 Å². The lowest BCUT2D eigenvalue weighted by Crippen LogP contribution is -2.15. The molecule has 0 radical (unpaired) electrons. The lowest BCUT2D eigenvalue weighted by molar-refractivity contribution is 0.218. The maximum atomic E-state index is 5.11. The van der Waals surface area contributed by atoms with E-state index in [0.29, 0.717) is 0 Å². The molecule has 2 aromatic rings. The van der Waals surface area contributed by atoms with Crippen LogP contribution in [0.2, 0.25) is 0 Å². The van der Waals surface area contributed by atoms with Gasteiger partial charge in [-0.1, -0.05) is 13.0 Å². The summed E-state index contributed by atoms with van der Waals surface area (Å²) in [6.07, 6.45) is 3.22. The summed E-state index contributed by atoms with van der Waals surface area (Å²) in [6.45, 7) is 4.81. The largest absolute Gasteiger partial charge is 0.384 e. The summed E-state index contributed by atoms with van der Waals surface area (Å²) in [5.74, 6) is 0.932. The topological polar surface area (TPSA) is 38.6 Å². The van der Waals surface area contributed by atoms with Gasteiger partial charge in [-0.15, -0.1) is 11.8 Å². The third-order valence-electron chi connectivity index (χ3n) is 2.84. The van der Waals surface area contributed by atoms with Crippen molar-refractivity contribution >= 4 is 17.4 Å². The zero-order valence-corrected chi connectivity index (χ0v) is 12.4. The second kappa shape index (κ2) is 7.53. The fourth-order valence-electron chi connectivity index (χ4n) is 1.91. The fourth-order valence-corrected chi connectivity index (χ4v) is 2.85. The molecule has 0 aromatic carbocycles. The molecule has 0 aliphatic rings. The Hall–Kier alpha value is -1.04. The van der Waals surface area contributed by atoms with Crippen molar-refractivity contribution < 1.29 is 4.74 Å². The Balaban J connectivity index is 2.18. The van der Waals surface area contributed by atoms with Crippen LogP contribution in [0.3, 0.4) is 0 Å². The van der Waals surface area contributed by atoms with Crippen LogP contribution < -0.4 is 5.32 Å². The van der Waals surface area contributed by atoms with E-state index in [4.69, 9.17) is 9.72 Å². The number of hydrogen-bond donors (Lipinski definition) is 1. The normalized spacial score (nSPS) is 11.3. The van der Waals surface area contributed by atoms with E-state index < -0.39 is 0 Å². The first-order valence-electron chi connectivity index (χ1n) is 6.65. The van der Waals surface area contributed by atoms with Crippen LogP contribution in [-0.4, -0.2) is 35.4 Å². The Bertz CT molecular complexity index is 512. The first kappa shape index (κ1) is 14.4. The van der Waals surface area contributed by atoms with E-state index in [1.807, 2.05) is 18.2 Å². The van der Waals surface area contributed by atoms with Crippen LogP contribution in [-0.2, 0) is 11.3 Å². The summed E-state index contributed by atoms with van der Waals surface area (Å²) >= 11 is 1.76. The van der Waals surface area contributed by atoms with Gasteiger partial charge in [0.25, 0.3) is 0 Å². The Morgan fingerprint density at radius 1 is 1.42 bits per heavy atom. The number of nitrogens with one attached hydrogen (secondary N) is 1.